The summed E-state index contributed by atoms with van der Waals surface area (Å²) in [6.07, 6.45) is 0.669. The molecule has 106 valence electrons. The van der Waals surface area contributed by atoms with E-state index >= 15 is 0 Å². The van der Waals surface area contributed by atoms with E-state index in [0.717, 1.165) is 11.3 Å². The highest BCUT2D eigenvalue weighted by Crippen LogP contribution is 2.24. The van der Waals surface area contributed by atoms with Gasteiger partial charge in [-0.1, -0.05) is 44.2 Å². The van der Waals surface area contributed by atoms with Gasteiger partial charge in [-0.3, -0.25) is 4.79 Å². The summed E-state index contributed by atoms with van der Waals surface area (Å²) in [6.45, 7) is 4.09. The van der Waals surface area contributed by atoms with Crippen LogP contribution in [0.3, 0.4) is 0 Å². The second-order valence-corrected chi connectivity index (χ2v) is 5.99. The fraction of sp³-hybridized carbons (Fsp3) is 0.333. The highest BCUT2D eigenvalue weighted by molar-refractivity contribution is 7.14. The maximum Gasteiger partial charge on any atom is 0.243 e. The number of carbonyl (C=O) groups excluding carboxylic acids is 1. The Labute approximate surface area is 123 Å². The lowest BCUT2D eigenvalue weighted by molar-refractivity contribution is -0.117. The third-order valence-electron chi connectivity index (χ3n) is 2.87. The number of nitrogens with zero attached hydrogens (tertiary/aromatic N) is 1. The first kappa shape index (κ1) is 14.7. The first-order valence-electron chi connectivity index (χ1n) is 6.63. The molecule has 3 N–H and O–H groups in total. The Bertz CT molecular complexity index is 566. The minimum atomic E-state index is -0.487. The van der Waals surface area contributed by atoms with E-state index < -0.39 is 6.04 Å². The van der Waals surface area contributed by atoms with Crippen molar-refractivity contribution in [3.63, 3.8) is 0 Å². The summed E-state index contributed by atoms with van der Waals surface area (Å²) < 4.78 is 0. The van der Waals surface area contributed by atoms with Gasteiger partial charge in [-0.25, -0.2) is 4.98 Å². The van der Waals surface area contributed by atoms with Gasteiger partial charge < -0.3 is 11.1 Å². The molecule has 0 aliphatic carbocycles. The van der Waals surface area contributed by atoms with Crippen LogP contribution in [0, 0.1) is 5.92 Å². The lowest BCUT2D eigenvalue weighted by Crippen LogP contribution is -2.36. The van der Waals surface area contributed by atoms with E-state index in [4.69, 9.17) is 5.73 Å². The minimum absolute atomic E-state index is 0.173. The molecule has 2 rings (SSSR count). The van der Waals surface area contributed by atoms with Crippen LogP contribution in [0.2, 0.25) is 0 Å². The molecule has 1 aromatic carbocycles. The number of carbonyl (C=O) groups is 1. The van der Waals surface area contributed by atoms with Gasteiger partial charge in [0.05, 0.1) is 11.7 Å². The molecule has 1 atom stereocenters. The van der Waals surface area contributed by atoms with Gasteiger partial charge in [0.1, 0.15) is 0 Å². The summed E-state index contributed by atoms with van der Waals surface area (Å²) in [6, 6.07) is 9.38. The first-order valence-corrected chi connectivity index (χ1v) is 7.51. The maximum atomic E-state index is 11.9. The molecule has 1 aromatic heterocycles. The normalized spacial score (nSPS) is 12.4. The lowest BCUT2D eigenvalue weighted by atomic mass is 10.0. The predicted octanol–water partition coefficient (Wildman–Crippen LogP) is 3.12. The van der Waals surface area contributed by atoms with Gasteiger partial charge in [0, 0.05) is 10.9 Å². The van der Waals surface area contributed by atoms with Crippen LogP contribution < -0.4 is 11.1 Å². The van der Waals surface area contributed by atoms with Crippen molar-refractivity contribution in [2.75, 3.05) is 5.32 Å². The fourth-order valence-corrected chi connectivity index (χ4v) is 2.61. The smallest absolute Gasteiger partial charge is 0.243 e. The van der Waals surface area contributed by atoms with Crippen molar-refractivity contribution in [1.29, 1.82) is 0 Å². The van der Waals surface area contributed by atoms with Crippen molar-refractivity contribution in [3.05, 3.63) is 35.7 Å². The SMILES string of the molecule is CC(C)CC(N)C(=O)Nc1nc(-c2ccccc2)cs1. The summed E-state index contributed by atoms with van der Waals surface area (Å²) in [4.78, 5) is 16.3. The Morgan fingerprint density at radius 2 is 2.05 bits per heavy atom. The molecule has 20 heavy (non-hydrogen) atoms. The lowest BCUT2D eigenvalue weighted by Gasteiger charge is -2.12. The molecule has 1 heterocycles. The Balaban J connectivity index is 2.01. The zero-order chi connectivity index (χ0) is 14.5. The second kappa shape index (κ2) is 6.63. The summed E-state index contributed by atoms with van der Waals surface area (Å²) in [5, 5.41) is 5.30. The number of nitrogens with one attached hydrogen (secondary N) is 1. The van der Waals surface area contributed by atoms with E-state index in [1.807, 2.05) is 49.6 Å². The van der Waals surface area contributed by atoms with Gasteiger partial charge in [0.25, 0.3) is 0 Å². The van der Waals surface area contributed by atoms with Crippen molar-refractivity contribution in [1.82, 2.24) is 4.98 Å². The van der Waals surface area contributed by atoms with E-state index in [2.05, 4.69) is 10.3 Å². The summed E-state index contributed by atoms with van der Waals surface area (Å²) >= 11 is 1.41. The number of aromatic nitrogens is 1. The monoisotopic (exact) mass is 289 g/mol. The van der Waals surface area contributed by atoms with Crippen LogP contribution in [0.4, 0.5) is 5.13 Å². The number of hydrogen-bond donors (Lipinski definition) is 2. The second-order valence-electron chi connectivity index (χ2n) is 5.13. The van der Waals surface area contributed by atoms with E-state index in [1.165, 1.54) is 11.3 Å². The average Bonchev–Trinajstić information content (AvgIpc) is 2.87. The van der Waals surface area contributed by atoms with Crippen LogP contribution in [-0.2, 0) is 4.79 Å². The van der Waals surface area contributed by atoms with E-state index in [9.17, 15) is 4.79 Å². The number of benzene rings is 1. The largest absolute Gasteiger partial charge is 0.320 e. The predicted molar refractivity (Wildman–Crippen MR) is 83.6 cm³/mol. The summed E-state index contributed by atoms with van der Waals surface area (Å²) in [7, 11) is 0. The van der Waals surface area contributed by atoms with Gasteiger partial charge in [0.15, 0.2) is 5.13 Å². The van der Waals surface area contributed by atoms with E-state index in [-0.39, 0.29) is 5.91 Å². The molecule has 0 radical (unpaired) electrons. The third-order valence-corrected chi connectivity index (χ3v) is 3.62. The van der Waals surface area contributed by atoms with Crippen molar-refractivity contribution in [2.24, 2.45) is 11.7 Å². The molecular formula is C15H19N3OS. The van der Waals surface area contributed by atoms with Crippen LogP contribution in [0.1, 0.15) is 20.3 Å². The van der Waals surface area contributed by atoms with Crippen LogP contribution in [-0.4, -0.2) is 16.9 Å². The average molecular weight is 289 g/mol. The van der Waals surface area contributed by atoms with E-state index in [0.29, 0.717) is 17.5 Å². The molecule has 5 heteroatoms. The molecule has 0 bridgehead atoms. The van der Waals surface area contributed by atoms with Gasteiger partial charge in [-0.05, 0) is 12.3 Å². The first-order chi connectivity index (χ1) is 9.56. The van der Waals surface area contributed by atoms with Crippen molar-refractivity contribution >= 4 is 22.4 Å². The van der Waals surface area contributed by atoms with E-state index in [1.54, 1.807) is 0 Å². The fourth-order valence-electron chi connectivity index (χ4n) is 1.89. The molecule has 2 aromatic rings. The summed E-state index contributed by atoms with van der Waals surface area (Å²) in [5.41, 5.74) is 7.75. The molecule has 0 saturated carbocycles. The van der Waals surface area contributed by atoms with Crippen molar-refractivity contribution in [2.45, 2.75) is 26.3 Å². The highest BCUT2D eigenvalue weighted by Gasteiger charge is 2.16. The number of rotatable bonds is 5. The Morgan fingerprint density at radius 3 is 2.70 bits per heavy atom. The zero-order valence-electron chi connectivity index (χ0n) is 11.7. The molecule has 0 aliphatic heterocycles. The quantitative estimate of drug-likeness (QED) is 0.888. The Morgan fingerprint density at radius 1 is 1.35 bits per heavy atom. The number of thiazole rings is 1. The van der Waals surface area contributed by atoms with Gasteiger partial charge in [-0.15, -0.1) is 11.3 Å². The molecule has 4 nitrogen and oxygen atoms in total. The van der Waals surface area contributed by atoms with Gasteiger partial charge in [0.2, 0.25) is 5.91 Å². The van der Waals surface area contributed by atoms with Crippen molar-refractivity contribution in [3.8, 4) is 11.3 Å². The van der Waals surface area contributed by atoms with Crippen LogP contribution >= 0.6 is 11.3 Å². The molecule has 0 saturated heterocycles. The molecule has 1 unspecified atom stereocenters. The highest BCUT2D eigenvalue weighted by atomic mass is 32.1. The number of anilines is 1. The van der Waals surface area contributed by atoms with Crippen LogP contribution in [0.25, 0.3) is 11.3 Å². The third kappa shape index (κ3) is 3.88. The van der Waals surface area contributed by atoms with Gasteiger partial charge >= 0.3 is 0 Å². The number of nitrogens with two attached hydrogens (primary N) is 1. The van der Waals surface area contributed by atoms with Crippen LogP contribution in [0.15, 0.2) is 35.7 Å². The minimum Gasteiger partial charge on any atom is -0.320 e. The Kier molecular flexibility index (Phi) is 4.87. The molecule has 0 spiro atoms. The van der Waals surface area contributed by atoms with Gasteiger partial charge in [-0.2, -0.15) is 0 Å². The van der Waals surface area contributed by atoms with Crippen LogP contribution in [0.5, 0.6) is 0 Å². The van der Waals surface area contributed by atoms with Crippen molar-refractivity contribution < 1.29 is 4.79 Å². The molecule has 1 amide bonds. The topological polar surface area (TPSA) is 68.0 Å². The zero-order valence-corrected chi connectivity index (χ0v) is 12.5. The summed E-state index contributed by atoms with van der Waals surface area (Å²) in [5.74, 6) is 0.222. The standard InChI is InChI=1S/C15H19N3OS/c1-10(2)8-12(16)14(19)18-15-17-13(9-20-15)11-6-4-3-5-7-11/h3-7,9-10,12H,8,16H2,1-2H3,(H,17,18,19). The maximum absolute atomic E-state index is 11.9. The molecular weight excluding hydrogens is 270 g/mol. The number of amides is 1. The molecule has 0 fully saturated rings. The number of hydrogen-bond acceptors (Lipinski definition) is 4. The molecule has 0 aliphatic rings. The Hall–Kier alpha value is -1.72.